The molecule has 0 aliphatic carbocycles. The molecule has 0 fully saturated rings. The van der Waals surface area contributed by atoms with Crippen molar-refractivity contribution in [2.45, 2.75) is 13.0 Å². The monoisotopic (exact) mass is 218 g/mol. The summed E-state index contributed by atoms with van der Waals surface area (Å²) in [7, 11) is 1.61. The van der Waals surface area contributed by atoms with E-state index in [1.165, 1.54) is 0 Å². The van der Waals surface area contributed by atoms with Crippen LogP contribution in [-0.2, 0) is 0 Å². The van der Waals surface area contributed by atoms with Crippen LogP contribution in [0.3, 0.4) is 0 Å². The third kappa shape index (κ3) is 1.95. The molecule has 0 radical (unpaired) electrons. The maximum Gasteiger partial charge on any atom is 0.119 e. The van der Waals surface area contributed by atoms with Gasteiger partial charge in [-0.15, -0.1) is 0 Å². The fourth-order valence-electron chi connectivity index (χ4n) is 1.67. The highest BCUT2D eigenvalue weighted by Gasteiger charge is 2.15. The van der Waals surface area contributed by atoms with E-state index >= 15 is 0 Å². The molecular weight excluding hydrogens is 204 g/mol. The quantitative estimate of drug-likeness (QED) is 0.861. The average molecular weight is 218 g/mol. The number of aryl methyl sites for hydroxylation is 1. The molecule has 0 saturated heterocycles. The molecule has 1 atom stereocenters. The van der Waals surface area contributed by atoms with Gasteiger partial charge in [0.1, 0.15) is 17.6 Å². The summed E-state index contributed by atoms with van der Waals surface area (Å²) in [4.78, 5) is 0. The van der Waals surface area contributed by atoms with Gasteiger partial charge >= 0.3 is 0 Å². The molecule has 3 nitrogen and oxygen atoms in total. The van der Waals surface area contributed by atoms with E-state index in [9.17, 15) is 5.11 Å². The van der Waals surface area contributed by atoms with Crippen molar-refractivity contribution in [1.82, 2.24) is 0 Å². The van der Waals surface area contributed by atoms with Crippen molar-refractivity contribution in [3.63, 3.8) is 0 Å². The zero-order valence-corrected chi connectivity index (χ0v) is 9.31. The predicted octanol–water partition coefficient (Wildman–Crippen LogP) is 2.68. The van der Waals surface area contributed by atoms with E-state index in [0.29, 0.717) is 0 Å². The van der Waals surface area contributed by atoms with Crippen molar-refractivity contribution in [2.75, 3.05) is 7.11 Å². The Labute approximate surface area is 94.3 Å². The SMILES string of the molecule is COc1cccc(C(O)c2ccoc2C)c1. The van der Waals surface area contributed by atoms with Crippen LogP contribution >= 0.6 is 0 Å². The van der Waals surface area contributed by atoms with Gasteiger partial charge in [-0.1, -0.05) is 12.1 Å². The van der Waals surface area contributed by atoms with E-state index in [4.69, 9.17) is 9.15 Å². The summed E-state index contributed by atoms with van der Waals surface area (Å²) in [6.45, 7) is 1.83. The molecule has 16 heavy (non-hydrogen) atoms. The van der Waals surface area contributed by atoms with Gasteiger partial charge in [-0.3, -0.25) is 0 Å². The van der Waals surface area contributed by atoms with Gasteiger partial charge in [-0.25, -0.2) is 0 Å². The molecule has 0 aliphatic rings. The number of methoxy groups -OCH3 is 1. The molecule has 1 N–H and O–H groups in total. The van der Waals surface area contributed by atoms with Crippen molar-refractivity contribution in [1.29, 1.82) is 0 Å². The molecule has 1 aromatic heterocycles. The van der Waals surface area contributed by atoms with Gasteiger partial charge in [0.25, 0.3) is 0 Å². The number of aliphatic hydroxyl groups is 1. The Morgan fingerprint density at radius 3 is 2.75 bits per heavy atom. The zero-order valence-electron chi connectivity index (χ0n) is 9.31. The summed E-state index contributed by atoms with van der Waals surface area (Å²) < 4.78 is 10.3. The highest BCUT2D eigenvalue weighted by molar-refractivity contribution is 5.35. The molecule has 2 aromatic rings. The number of furan rings is 1. The van der Waals surface area contributed by atoms with E-state index in [1.807, 2.05) is 31.2 Å². The van der Waals surface area contributed by atoms with Crippen LogP contribution < -0.4 is 4.74 Å². The number of hydrogen-bond acceptors (Lipinski definition) is 3. The molecule has 1 unspecified atom stereocenters. The fraction of sp³-hybridized carbons (Fsp3) is 0.231. The van der Waals surface area contributed by atoms with E-state index in [2.05, 4.69) is 0 Å². The standard InChI is InChI=1S/C13H14O3/c1-9-12(6-7-16-9)13(14)10-4-3-5-11(8-10)15-2/h3-8,13-14H,1-2H3. The lowest BCUT2D eigenvalue weighted by atomic mass is 10.0. The van der Waals surface area contributed by atoms with Gasteiger partial charge in [0, 0.05) is 5.56 Å². The Bertz CT molecular complexity index is 474. The topological polar surface area (TPSA) is 42.6 Å². The number of hydrogen-bond donors (Lipinski definition) is 1. The second-order valence-electron chi connectivity index (χ2n) is 3.61. The molecule has 0 saturated carbocycles. The Morgan fingerprint density at radius 1 is 1.31 bits per heavy atom. The Balaban J connectivity index is 2.33. The molecular formula is C13H14O3. The lowest BCUT2D eigenvalue weighted by Crippen LogP contribution is -2.00. The van der Waals surface area contributed by atoms with Gasteiger partial charge in [0.15, 0.2) is 0 Å². The van der Waals surface area contributed by atoms with Crippen LogP contribution in [-0.4, -0.2) is 12.2 Å². The number of ether oxygens (including phenoxy) is 1. The van der Waals surface area contributed by atoms with Crippen molar-refractivity contribution in [3.8, 4) is 5.75 Å². The largest absolute Gasteiger partial charge is 0.497 e. The number of benzene rings is 1. The zero-order chi connectivity index (χ0) is 11.5. The Hall–Kier alpha value is -1.74. The van der Waals surface area contributed by atoms with E-state index in [0.717, 1.165) is 22.6 Å². The van der Waals surface area contributed by atoms with Crippen LogP contribution in [0.15, 0.2) is 41.0 Å². The summed E-state index contributed by atoms with van der Waals surface area (Å²) >= 11 is 0. The first-order chi connectivity index (χ1) is 7.72. The van der Waals surface area contributed by atoms with Crippen LogP contribution in [0, 0.1) is 6.92 Å². The third-order valence-corrected chi connectivity index (χ3v) is 2.60. The molecule has 0 amide bonds. The maximum atomic E-state index is 10.2. The predicted molar refractivity (Wildman–Crippen MR) is 60.5 cm³/mol. The van der Waals surface area contributed by atoms with Crippen LogP contribution in [0.5, 0.6) is 5.75 Å². The van der Waals surface area contributed by atoms with E-state index < -0.39 is 6.10 Å². The van der Waals surface area contributed by atoms with Crippen molar-refractivity contribution in [2.24, 2.45) is 0 Å². The molecule has 0 spiro atoms. The average Bonchev–Trinajstić information content (AvgIpc) is 2.74. The first-order valence-electron chi connectivity index (χ1n) is 5.08. The summed E-state index contributed by atoms with van der Waals surface area (Å²) in [5, 5.41) is 10.2. The lowest BCUT2D eigenvalue weighted by molar-refractivity contribution is 0.217. The van der Waals surface area contributed by atoms with Crippen LogP contribution in [0.2, 0.25) is 0 Å². The fourth-order valence-corrected chi connectivity index (χ4v) is 1.67. The van der Waals surface area contributed by atoms with E-state index in [1.54, 1.807) is 19.4 Å². The van der Waals surface area contributed by atoms with Gasteiger partial charge < -0.3 is 14.3 Å². The molecule has 3 heteroatoms. The summed E-state index contributed by atoms with van der Waals surface area (Å²) in [5.74, 6) is 1.47. The first kappa shape index (κ1) is 10.8. The van der Waals surface area contributed by atoms with Crippen molar-refractivity contribution in [3.05, 3.63) is 53.5 Å². The smallest absolute Gasteiger partial charge is 0.119 e. The van der Waals surface area contributed by atoms with Gasteiger partial charge in [0.05, 0.1) is 13.4 Å². The highest BCUT2D eigenvalue weighted by Crippen LogP contribution is 2.27. The van der Waals surface area contributed by atoms with Gasteiger partial charge in [0.2, 0.25) is 0 Å². The van der Waals surface area contributed by atoms with Gasteiger partial charge in [-0.2, -0.15) is 0 Å². The van der Waals surface area contributed by atoms with Crippen molar-refractivity contribution < 1.29 is 14.3 Å². The molecule has 1 aromatic carbocycles. The van der Waals surface area contributed by atoms with Crippen LogP contribution in [0.1, 0.15) is 23.0 Å². The first-order valence-corrected chi connectivity index (χ1v) is 5.08. The second kappa shape index (κ2) is 4.41. The lowest BCUT2D eigenvalue weighted by Gasteiger charge is -2.11. The third-order valence-electron chi connectivity index (χ3n) is 2.60. The minimum atomic E-state index is -0.672. The Kier molecular flexibility index (Phi) is 2.97. The summed E-state index contributed by atoms with van der Waals surface area (Å²) in [6, 6.07) is 9.15. The Morgan fingerprint density at radius 2 is 2.12 bits per heavy atom. The highest BCUT2D eigenvalue weighted by atomic mass is 16.5. The maximum absolute atomic E-state index is 10.2. The van der Waals surface area contributed by atoms with Crippen molar-refractivity contribution >= 4 is 0 Å². The molecule has 2 rings (SSSR count). The molecule has 0 aliphatic heterocycles. The molecule has 0 bridgehead atoms. The van der Waals surface area contributed by atoms with Crippen LogP contribution in [0.25, 0.3) is 0 Å². The minimum absolute atomic E-state index is 0.672. The number of aliphatic hydroxyl groups excluding tert-OH is 1. The summed E-state index contributed by atoms with van der Waals surface area (Å²) in [6.07, 6.45) is 0.905. The molecule has 1 heterocycles. The normalized spacial score (nSPS) is 12.4. The van der Waals surface area contributed by atoms with Gasteiger partial charge in [-0.05, 0) is 30.7 Å². The number of rotatable bonds is 3. The van der Waals surface area contributed by atoms with E-state index in [-0.39, 0.29) is 0 Å². The summed E-state index contributed by atoms with van der Waals surface area (Å²) in [5.41, 5.74) is 1.58. The minimum Gasteiger partial charge on any atom is -0.497 e. The molecule has 84 valence electrons. The van der Waals surface area contributed by atoms with Crippen LogP contribution in [0.4, 0.5) is 0 Å². The second-order valence-corrected chi connectivity index (χ2v) is 3.61.